The summed E-state index contributed by atoms with van der Waals surface area (Å²) in [5.41, 5.74) is 0.798. The maximum atomic E-state index is 13.1. The minimum absolute atomic E-state index is 0.0649. The zero-order valence-electron chi connectivity index (χ0n) is 16.1. The molecule has 1 N–H and O–H groups in total. The molecule has 3 aliphatic rings. The van der Waals surface area contributed by atoms with Crippen LogP contribution in [-0.4, -0.2) is 49.3 Å². The average molecular weight is 417 g/mol. The van der Waals surface area contributed by atoms with E-state index in [-0.39, 0.29) is 34.8 Å². The fourth-order valence-electron chi connectivity index (χ4n) is 4.74. The summed E-state index contributed by atoms with van der Waals surface area (Å²) in [5.74, 6) is 2.12. The SMILES string of the molecule is COc1ccc2c(c1)[C@@]1(CCO2)C[C@@H]1C(=O)Nc1ccnn1C1CCS(=O)(=O)C1. The van der Waals surface area contributed by atoms with Gasteiger partial charge in [-0.25, -0.2) is 13.1 Å². The highest BCUT2D eigenvalue weighted by molar-refractivity contribution is 7.91. The fourth-order valence-corrected chi connectivity index (χ4v) is 6.43. The van der Waals surface area contributed by atoms with Gasteiger partial charge in [-0.1, -0.05) is 0 Å². The second-order valence-electron chi connectivity index (χ2n) is 8.08. The topological polar surface area (TPSA) is 99.5 Å². The third-order valence-electron chi connectivity index (χ3n) is 6.40. The molecule has 1 spiro atoms. The van der Waals surface area contributed by atoms with E-state index in [1.165, 1.54) is 0 Å². The standard InChI is InChI=1S/C20H23N3O5S/c1-27-14-2-3-17-15(10-14)20(6-8-28-17)11-16(20)19(24)22-18-4-7-21-23(18)13-5-9-29(25,26)12-13/h2-4,7,10,13,16H,5-6,8-9,11-12H2,1H3,(H,22,24)/t13?,16-,20-/m1/s1. The van der Waals surface area contributed by atoms with E-state index < -0.39 is 9.84 Å². The number of fused-ring (bicyclic) bond motifs is 2. The molecule has 2 aromatic rings. The summed E-state index contributed by atoms with van der Waals surface area (Å²) in [6, 6.07) is 7.22. The van der Waals surface area contributed by atoms with Gasteiger partial charge in [-0.2, -0.15) is 5.10 Å². The Labute approximate surface area is 169 Å². The number of amides is 1. The lowest BCUT2D eigenvalue weighted by molar-refractivity contribution is -0.117. The number of ether oxygens (including phenoxy) is 2. The summed E-state index contributed by atoms with van der Waals surface area (Å²) in [6.45, 7) is 0.584. The quantitative estimate of drug-likeness (QED) is 0.816. The highest BCUT2D eigenvalue weighted by Gasteiger charge is 2.61. The van der Waals surface area contributed by atoms with Gasteiger partial charge in [0, 0.05) is 23.0 Å². The Hall–Kier alpha value is -2.55. The van der Waals surface area contributed by atoms with Gasteiger partial charge in [-0.3, -0.25) is 4.79 Å². The van der Waals surface area contributed by atoms with Crippen molar-refractivity contribution >= 4 is 21.6 Å². The van der Waals surface area contributed by atoms with Crippen LogP contribution in [0.2, 0.25) is 0 Å². The summed E-state index contributed by atoms with van der Waals surface area (Å²) in [6.07, 6.45) is 3.66. The molecule has 0 bridgehead atoms. The van der Waals surface area contributed by atoms with Crippen LogP contribution in [0.3, 0.4) is 0 Å². The minimum Gasteiger partial charge on any atom is -0.497 e. The number of anilines is 1. The van der Waals surface area contributed by atoms with E-state index in [0.29, 0.717) is 18.8 Å². The highest BCUT2D eigenvalue weighted by atomic mass is 32.2. The first-order valence-corrected chi connectivity index (χ1v) is 11.6. The predicted octanol–water partition coefficient (Wildman–Crippen LogP) is 1.93. The van der Waals surface area contributed by atoms with E-state index in [2.05, 4.69) is 10.4 Å². The van der Waals surface area contributed by atoms with E-state index in [9.17, 15) is 13.2 Å². The van der Waals surface area contributed by atoms with Crippen molar-refractivity contribution in [3.05, 3.63) is 36.0 Å². The molecule has 154 valence electrons. The lowest BCUT2D eigenvalue weighted by atomic mass is 9.87. The molecular formula is C20H23N3O5S. The molecule has 8 nitrogen and oxygen atoms in total. The number of aromatic nitrogens is 2. The summed E-state index contributed by atoms with van der Waals surface area (Å²) in [4.78, 5) is 13.1. The molecule has 3 atom stereocenters. The highest BCUT2D eigenvalue weighted by Crippen LogP contribution is 2.61. The van der Waals surface area contributed by atoms with Crippen molar-refractivity contribution in [1.82, 2.24) is 9.78 Å². The molecule has 2 aliphatic heterocycles. The van der Waals surface area contributed by atoms with Gasteiger partial charge in [0.05, 0.1) is 37.5 Å². The normalized spacial score (nSPS) is 29.1. The van der Waals surface area contributed by atoms with Crippen LogP contribution in [0, 0.1) is 5.92 Å². The molecule has 1 aliphatic carbocycles. The lowest BCUT2D eigenvalue weighted by Crippen LogP contribution is -2.27. The Kier molecular flexibility index (Phi) is 4.13. The van der Waals surface area contributed by atoms with Gasteiger partial charge < -0.3 is 14.8 Å². The second kappa shape index (κ2) is 6.48. The van der Waals surface area contributed by atoms with E-state index in [0.717, 1.165) is 29.9 Å². The number of carbonyl (C=O) groups excluding carboxylic acids is 1. The molecule has 1 amide bonds. The molecule has 1 unspecified atom stereocenters. The van der Waals surface area contributed by atoms with Crippen molar-refractivity contribution in [2.24, 2.45) is 5.92 Å². The second-order valence-corrected chi connectivity index (χ2v) is 10.3. The number of hydrogen-bond donors (Lipinski definition) is 1. The van der Waals surface area contributed by atoms with Crippen LogP contribution in [0.25, 0.3) is 0 Å². The monoisotopic (exact) mass is 417 g/mol. The fraction of sp³-hybridized carbons (Fsp3) is 0.500. The van der Waals surface area contributed by atoms with Gasteiger partial charge >= 0.3 is 0 Å². The molecule has 1 saturated carbocycles. The van der Waals surface area contributed by atoms with Crippen LogP contribution in [-0.2, 0) is 20.0 Å². The van der Waals surface area contributed by atoms with E-state index >= 15 is 0 Å². The third-order valence-corrected chi connectivity index (χ3v) is 8.15. The zero-order valence-corrected chi connectivity index (χ0v) is 16.9. The van der Waals surface area contributed by atoms with Crippen LogP contribution >= 0.6 is 0 Å². The first-order chi connectivity index (χ1) is 13.9. The van der Waals surface area contributed by atoms with Crippen molar-refractivity contribution in [3.8, 4) is 11.5 Å². The maximum absolute atomic E-state index is 13.1. The number of nitrogens with zero attached hydrogens (tertiary/aromatic N) is 2. The molecule has 5 rings (SSSR count). The summed E-state index contributed by atoms with van der Waals surface area (Å²) in [7, 11) is -1.41. The molecule has 1 aromatic carbocycles. The van der Waals surface area contributed by atoms with Crippen molar-refractivity contribution in [2.45, 2.75) is 30.7 Å². The van der Waals surface area contributed by atoms with Crippen molar-refractivity contribution < 1.29 is 22.7 Å². The Bertz CT molecular complexity index is 1080. The van der Waals surface area contributed by atoms with Crippen molar-refractivity contribution in [2.75, 3.05) is 30.5 Å². The van der Waals surface area contributed by atoms with E-state index in [4.69, 9.17) is 9.47 Å². The smallest absolute Gasteiger partial charge is 0.229 e. The van der Waals surface area contributed by atoms with Gasteiger partial charge in [0.2, 0.25) is 5.91 Å². The minimum atomic E-state index is -3.03. The summed E-state index contributed by atoms with van der Waals surface area (Å²) in [5, 5.41) is 7.24. The zero-order chi connectivity index (χ0) is 20.2. The van der Waals surface area contributed by atoms with Gasteiger partial charge in [-0.15, -0.1) is 0 Å². The maximum Gasteiger partial charge on any atom is 0.229 e. The molecule has 2 fully saturated rings. The van der Waals surface area contributed by atoms with E-state index in [1.54, 1.807) is 24.1 Å². The van der Waals surface area contributed by atoms with Crippen LogP contribution in [0.4, 0.5) is 5.82 Å². The number of hydrogen-bond acceptors (Lipinski definition) is 6. The molecule has 3 heterocycles. The summed E-state index contributed by atoms with van der Waals surface area (Å²) >= 11 is 0. The van der Waals surface area contributed by atoms with Gasteiger partial charge in [0.15, 0.2) is 9.84 Å². The number of sulfone groups is 1. The van der Waals surface area contributed by atoms with Crippen LogP contribution in [0.15, 0.2) is 30.5 Å². The van der Waals surface area contributed by atoms with Gasteiger partial charge in [0.1, 0.15) is 17.3 Å². The molecule has 0 radical (unpaired) electrons. The number of methoxy groups -OCH3 is 1. The molecular weight excluding hydrogens is 394 g/mol. The predicted molar refractivity (Wildman–Crippen MR) is 106 cm³/mol. The summed E-state index contributed by atoms with van der Waals surface area (Å²) < 4.78 is 36.4. The first-order valence-electron chi connectivity index (χ1n) is 9.78. The molecule has 1 saturated heterocycles. The number of benzene rings is 1. The van der Waals surface area contributed by atoms with Crippen molar-refractivity contribution in [1.29, 1.82) is 0 Å². The van der Waals surface area contributed by atoms with Crippen LogP contribution < -0.4 is 14.8 Å². The van der Waals surface area contributed by atoms with E-state index in [1.807, 2.05) is 18.2 Å². The van der Waals surface area contributed by atoms with Gasteiger partial charge in [0.25, 0.3) is 0 Å². The lowest BCUT2D eigenvalue weighted by Gasteiger charge is -2.27. The Balaban J connectivity index is 1.36. The number of rotatable bonds is 4. The van der Waals surface area contributed by atoms with Crippen LogP contribution in [0.1, 0.15) is 30.9 Å². The largest absolute Gasteiger partial charge is 0.497 e. The van der Waals surface area contributed by atoms with Crippen molar-refractivity contribution in [3.63, 3.8) is 0 Å². The number of carbonyl (C=O) groups is 1. The molecule has 9 heteroatoms. The Morgan fingerprint density at radius 2 is 2.24 bits per heavy atom. The average Bonchev–Trinajstić information content (AvgIpc) is 3.03. The molecule has 29 heavy (non-hydrogen) atoms. The van der Waals surface area contributed by atoms with Gasteiger partial charge in [-0.05, 0) is 37.5 Å². The third kappa shape index (κ3) is 3.08. The Morgan fingerprint density at radius 3 is 3.00 bits per heavy atom. The molecule has 1 aromatic heterocycles. The number of nitrogens with one attached hydrogen (secondary N) is 1. The van der Waals surface area contributed by atoms with Crippen LogP contribution in [0.5, 0.6) is 11.5 Å². The first kappa shape index (κ1) is 18.5. The Morgan fingerprint density at radius 1 is 1.38 bits per heavy atom.